The van der Waals surface area contributed by atoms with Crippen LogP contribution in [0.1, 0.15) is 54.9 Å². The van der Waals surface area contributed by atoms with Crippen molar-refractivity contribution >= 4 is 10.9 Å². The van der Waals surface area contributed by atoms with E-state index in [1.54, 1.807) is 6.26 Å². The monoisotopic (exact) mass is 462 g/mol. The first-order valence-electron chi connectivity index (χ1n) is 11.9. The van der Waals surface area contributed by atoms with Gasteiger partial charge in [0, 0.05) is 18.7 Å². The zero-order valence-corrected chi connectivity index (χ0v) is 19.6. The molecular formula is C25H30N6O3. The Morgan fingerprint density at radius 3 is 2.94 bits per heavy atom. The van der Waals surface area contributed by atoms with Crippen molar-refractivity contribution in [2.45, 2.75) is 64.9 Å². The Hall–Kier alpha value is -3.30. The average Bonchev–Trinajstić information content (AvgIpc) is 3.60. The van der Waals surface area contributed by atoms with E-state index < -0.39 is 0 Å². The highest BCUT2D eigenvalue weighted by atomic mass is 16.5. The highest BCUT2D eigenvalue weighted by Gasteiger charge is 2.28. The first kappa shape index (κ1) is 22.5. The maximum Gasteiger partial charge on any atom is 0.252 e. The number of para-hydroxylation sites is 1. The van der Waals surface area contributed by atoms with Crippen LogP contribution in [-0.2, 0) is 24.4 Å². The van der Waals surface area contributed by atoms with Crippen molar-refractivity contribution in [3.8, 4) is 0 Å². The largest absolute Gasteiger partial charge is 0.468 e. The number of ether oxygens (including phenoxy) is 1. The molecule has 1 N–H and O–H groups in total. The molecule has 9 heteroatoms. The lowest BCUT2D eigenvalue weighted by Gasteiger charge is -2.29. The maximum atomic E-state index is 13.1. The van der Waals surface area contributed by atoms with Crippen LogP contribution in [0.25, 0.3) is 10.9 Å². The summed E-state index contributed by atoms with van der Waals surface area (Å²) in [5, 5.41) is 13.6. The second-order valence-electron chi connectivity index (χ2n) is 8.93. The Bertz CT molecular complexity index is 1290. The summed E-state index contributed by atoms with van der Waals surface area (Å²) in [6, 6.07) is 11.7. The summed E-state index contributed by atoms with van der Waals surface area (Å²) in [6.07, 6.45) is 4.65. The number of hydrogen-bond acceptors (Lipinski definition) is 7. The quantitative estimate of drug-likeness (QED) is 0.404. The van der Waals surface area contributed by atoms with Gasteiger partial charge in [-0.3, -0.25) is 9.69 Å². The summed E-state index contributed by atoms with van der Waals surface area (Å²) < 4.78 is 13.3. The Morgan fingerprint density at radius 2 is 2.18 bits per heavy atom. The molecule has 1 saturated heterocycles. The van der Waals surface area contributed by atoms with Gasteiger partial charge in [0.1, 0.15) is 5.76 Å². The Morgan fingerprint density at radius 1 is 1.26 bits per heavy atom. The van der Waals surface area contributed by atoms with Gasteiger partial charge in [-0.25, -0.2) is 4.68 Å². The zero-order valence-electron chi connectivity index (χ0n) is 19.6. The number of rotatable bonds is 9. The van der Waals surface area contributed by atoms with E-state index in [4.69, 9.17) is 9.15 Å². The van der Waals surface area contributed by atoms with Gasteiger partial charge in [-0.2, -0.15) is 0 Å². The van der Waals surface area contributed by atoms with Crippen LogP contribution in [-0.4, -0.2) is 42.8 Å². The number of fused-ring (bicyclic) bond motifs is 1. The van der Waals surface area contributed by atoms with E-state index in [2.05, 4.69) is 32.3 Å². The molecular weight excluding hydrogens is 432 g/mol. The summed E-state index contributed by atoms with van der Waals surface area (Å²) in [6.45, 7) is 6.49. The van der Waals surface area contributed by atoms with E-state index in [0.29, 0.717) is 25.2 Å². The molecule has 2 atom stereocenters. The normalized spacial score (nSPS) is 17.1. The van der Waals surface area contributed by atoms with Crippen LogP contribution in [0.5, 0.6) is 0 Å². The number of nitrogens with zero attached hydrogens (tertiary/aromatic N) is 5. The predicted octanol–water partition coefficient (Wildman–Crippen LogP) is 3.75. The van der Waals surface area contributed by atoms with Crippen LogP contribution in [0, 0.1) is 6.92 Å². The number of hydrogen-bond donors (Lipinski definition) is 1. The number of H-pyrrole nitrogens is 1. The molecule has 5 rings (SSSR count). The SMILES string of the molecule is CC[C@H](c1nnnn1C[C@@H]1CCCO1)N(Cc1ccco1)Cc1cc2cccc(C)c2[nH]c1=O. The van der Waals surface area contributed by atoms with Gasteiger partial charge in [0.25, 0.3) is 5.56 Å². The van der Waals surface area contributed by atoms with E-state index in [-0.39, 0.29) is 17.7 Å². The van der Waals surface area contributed by atoms with Crippen molar-refractivity contribution < 1.29 is 9.15 Å². The first-order chi connectivity index (χ1) is 16.6. The van der Waals surface area contributed by atoms with E-state index in [1.807, 2.05) is 48.0 Å². The summed E-state index contributed by atoms with van der Waals surface area (Å²) in [5.41, 5.74) is 2.54. The molecule has 3 aromatic heterocycles. The first-order valence-corrected chi connectivity index (χ1v) is 11.9. The van der Waals surface area contributed by atoms with Crippen molar-refractivity contribution in [1.29, 1.82) is 0 Å². The van der Waals surface area contributed by atoms with Crippen molar-refractivity contribution in [3.05, 3.63) is 75.7 Å². The zero-order chi connectivity index (χ0) is 23.5. The number of furan rings is 1. The molecule has 4 heterocycles. The molecule has 0 radical (unpaired) electrons. The van der Waals surface area contributed by atoms with E-state index in [0.717, 1.165) is 53.9 Å². The van der Waals surface area contributed by atoms with E-state index >= 15 is 0 Å². The molecule has 34 heavy (non-hydrogen) atoms. The fourth-order valence-electron chi connectivity index (χ4n) is 4.81. The second kappa shape index (κ2) is 9.90. The number of aromatic nitrogens is 5. The second-order valence-corrected chi connectivity index (χ2v) is 8.93. The predicted molar refractivity (Wildman–Crippen MR) is 127 cm³/mol. The minimum absolute atomic E-state index is 0.0833. The summed E-state index contributed by atoms with van der Waals surface area (Å²) in [7, 11) is 0. The fraction of sp³-hybridized carbons (Fsp3) is 0.440. The molecule has 0 spiro atoms. The summed E-state index contributed by atoms with van der Waals surface area (Å²) in [5.74, 6) is 1.60. The lowest BCUT2D eigenvalue weighted by atomic mass is 10.1. The molecule has 1 fully saturated rings. The van der Waals surface area contributed by atoms with Gasteiger partial charge >= 0.3 is 0 Å². The van der Waals surface area contributed by atoms with Crippen LogP contribution in [0.3, 0.4) is 0 Å². The minimum Gasteiger partial charge on any atom is -0.468 e. The molecule has 178 valence electrons. The van der Waals surface area contributed by atoms with Crippen LogP contribution >= 0.6 is 0 Å². The maximum absolute atomic E-state index is 13.1. The molecule has 0 saturated carbocycles. The van der Waals surface area contributed by atoms with E-state index in [9.17, 15) is 4.79 Å². The van der Waals surface area contributed by atoms with Gasteiger partial charge in [0.2, 0.25) is 0 Å². The highest BCUT2D eigenvalue weighted by Crippen LogP contribution is 2.27. The van der Waals surface area contributed by atoms with Gasteiger partial charge in [-0.05, 0) is 65.8 Å². The third-order valence-electron chi connectivity index (χ3n) is 6.56. The average molecular weight is 463 g/mol. The van der Waals surface area contributed by atoms with E-state index in [1.165, 1.54) is 0 Å². The number of aromatic amines is 1. The standard InChI is InChI=1S/C25H30N6O3/c1-3-22(24-27-28-29-31(24)16-21-10-6-12-34-21)30(15-20-9-5-11-33-20)14-19-13-18-8-4-7-17(2)23(18)26-25(19)32/h4-5,7-9,11,13,21-22H,3,6,10,12,14-16H2,1-2H3,(H,26,32)/t21-,22+/m0/s1. The fourth-order valence-corrected chi connectivity index (χ4v) is 4.81. The highest BCUT2D eigenvalue weighted by molar-refractivity contribution is 5.81. The van der Waals surface area contributed by atoms with Crippen LogP contribution < -0.4 is 5.56 Å². The van der Waals surface area contributed by atoms with Crippen LogP contribution in [0.2, 0.25) is 0 Å². The van der Waals surface area contributed by atoms with Crippen LogP contribution in [0.15, 0.2) is 51.9 Å². The molecule has 4 aromatic rings. The van der Waals surface area contributed by atoms with Crippen LogP contribution in [0.4, 0.5) is 0 Å². The molecule has 1 aromatic carbocycles. The van der Waals surface area contributed by atoms with Gasteiger partial charge in [-0.1, -0.05) is 25.1 Å². The Labute approximate surface area is 197 Å². The van der Waals surface area contributed by atoms with Crippen molar-refractivity contribution in [2.75, 3.05) is 6.61 Å². The number of nitrogens with one attached hydrogen (secondary N) is 1. The number of benzene rings is 1. The topological polar surface area (TPSA) is 102 Å². The Balaban J connectivity index is 1.49. The van der Waals surface area contributed by atoms with Crippen molar-refractivity contribution in [1.82, 2.24) is 30.1 Å². The molecule has 1 aliphatic rings. The molecule has 0 unspecified atom stereocenters. The number of aryl methyl sites for hydroxylation is 1. The smallest absolute Gasteiger partial charge is 0.252 e. The minimum atomic E-state index is -0.103. The lowest BCUT2D eigenvalue weighted by molar-refractivity contribution is 0.0882. The molecule has 9 nitrogen and oxygen atoms in total. The third-order valence-corrected chi connectivity index (χ3v) is 6.56. The van der Waals surface area contributed by atoms with Gasteiger partial charge < -0.3 is 14.1 Å². The number of tetrazole rings is 1. The Kier molecular flexibility index (Phi) is 6.55. The van der Waals surface area contributed by atoms with Gasteiger partial charge in [-0.15, -0.1) is 5.10 Å². The molecule has 0 bridgehead atoms. The van der Waals surface area contributed by atoms with Gasteiger partial charge in [0.15, 0.2) is 5.82 Å². The molecule has 0 aliphatic carbocycles. The molecule has 1 aliphatic heterocycles. The van der Waals surface area contributed by atoms with Crippen molar-refractivity contribution in [2.24, 2.45) is 0 Å². The third kappa shape index (κ3) is 4.67. The molecule has 0 amide bonds. The lowest BCUT2D eigenvalue weighted by Crippen LogP contribution is -2.33. The number of pyridine rings is 1. The van der Waals surface area contributed by atoms with Crippen molar-refractivity contribution in [3.63, 3.8) is 0 Å². The summed E-state index contributed by atoms with van der Waals surface area (Å²) >= 11 is 0. The van der Waals surface area contributed by atoms with Gasteiger partial charge in [0.05, 0.1) is 37.0 Å². The summed E-state index contributed by atoms with van der Waals surface area (Å²) in [4.78, 5) is 18.3.